The zero-order valence-corrected chi connectivity index (χ0v) is 11.9. The van der Waals surface area contributed by atoms with Crippen molar-refractivity contribution in [3.05, 3.63) is 21.4 Å². The van der Waals surface area contributed by atoms with Gasteiger partial charge >= 0.3 is 0 Å². The van der Waals surface area contributed by atoms with Crippen LogP contribution in [0.2, 0.25) is 0 Å². The number of alkyl halides is 3. The minimum absolute atomic E-state index is 0.365. The Morgan fingerprint density at radius 1 is 1.43 bits per heavy atom. The first kappa shape index (κ1) is 16.5. The van der Waals surface area contributed by atoms with E-state index in [1.807, 2.05) is 0 Å². The highest BCUT2D eigenvalue weighted by Crippen LogP contribution is 2.47. The molecule has 118 valence electrons. The van der Waals surface area contributed by atoms with E-state index in [0.29, 0.717) is 10.8 Å². The van der Waals surface area contributed by atoms with Gasteiger partial charge in [0.25, 0.3) is 5.85 Å². The van der Waals surface area contributed by atoms with Crippen LogP contribution in [0.1, 0.15) is 6.23 Å². The molecule has 0 aliphatic carbocycles. The van der Waals surface area contributed by atoms with Crippen LogP contribution < -0.4 is 0 Å². The summed E-state index contributed by atoms with van der Waals surface area (Å²) < 4.78 is 59.5. The van der Waals surface area contributed by atoms with Gasteiger partial charge in [-0.1, -0.05) is 12.2 Å². The first-order valence-corrected chi connectivity index (χ1v) is 6.43. The molecule has 0 aromatic carbocycles. The Balaban J connectivity index is 2.60. The van der Waals surface area contributed by atoms with Crippen LogP contribution in [0.15, 0.2) is 6.20 Å². The molecule has 11 heteroatoms. The number of nitrogens with one attached hydrogen (secondary N) is 1. The van der Waals surface area contributed by atoms with Crippen molar-refractivity contribution in [2.75, 3.05) is 13.3 Å². The Kier molecular flexibility index (Phi) is 4.23. The number of hydrogen-bond acceptors (Lipinski definition) is 5. The van der Waals surface area contributed by atoms with E-state index in [9.17, 15) is 22.7 Å². The van der Waals surface area contributed by atoms with Crippen LogP contribution in [0, 0.1) is 15.2 Å². The summed E-state index contributed by atoms with van der Waals surface area (Å²) in [7, 11) is 0. The molecule has 1 aromatic rings. The molecule has 0 bridgehead atoms. The highest BCUT2D eigenvalue weighted by Gasteiger charge is 2.66. The molecule has 0 saturated carbocycles. The SMILES string of the molecule is OC[C@@]1(F)O[C@@H](n2cc(F)c(=S)[nH]c2=S)C(F)(CF)[C@H]1O. The quantitative estimate of drug-likeness (QED) is 0.573. The van der Waals surface area contributed by atoms with Gasteiger partial charge in [-0.05, 0) is 12.2 Å². The van der Waals surface area contributed by atoms with Crippen molar-refractivity contribution in [2.24, 2.45) is 0 Å². The van der Waals surface area contributed by atoms with Crippen LogP contribution in [0.25, 0.3) is 0 Å². The number of H-pyrrole nitrogens is 1. The van der Waals surface area contributed by atoms with Crippen LogP contribution in [0.5, 0.6) is 0 Å². The van der Waals surface area contributed by atoms with E-state index in [4.69, 9.17) is 17.3 Å². The van der Waals surface area contributed by atoms with Crippen molar-refractivity contribution in [3.63, 3.8) is 0 Å². The molecule has 2 heterocycles. The van der Waals surface area contributed by atoms with Crippen molar-refractivity contribution < 1.29 is 32.5 Å². The summed E-state index contributed by atoms with van der Waals surface area (Å²) in [5, 5.41) is 18.4. The van der Waals surface area contributed by atoms with E-state index in [1.54, 1.807) is 0 Å². The van der Waals surface area contributed by atoms with Crippen LogP contribution in [-0.2, 0) is 4.74 Å². The lowest BCUT2D eigenvalue weighted by molar-refractivity contribution is -0.207. The van der Waals surface area contributed by atoms with E-state index in [2.05, 4.69) is 21.9 Å². The molecule has 0 radical (unpaired) electrons. The van der Waals surface area contributed by atoms with Crippen LogP contribution >= 0.6 is 24.4 Å². The Hall–Kier alpha value is -0.880. The second-order valence-electron chi connectivity index (χ2n) is 4.52. The lowest BCUT2D eigenvalue weighted by Crippen LogP contribution is -2.49. The summed E-state index contributed by atoms with van der Waals surface area (Å²) in [6.07, 6.45) is -4.15. The van der Waals surface area contributed by atoms with Gasteiger partial charge in [0, 0.05) is 6.20 Å². The van der Waals surface area contributed by atoms with Crippen molar-refractivity contribution in [2.45, 2.75) is 23.9 Å². The Bertz CT molecular complexity index is 668. The lowest BCUT2D eigenvalue weighted by atomic mass is 9.96. The maximum absolute atomic E-state index is 14.5. The zero-order chi connectivity index (χ0) is 16.0. The molecule has 1 fully saturated rings. The molecule has 1 saturated heterocycles. The van der Waals surface area contributed by atoms with Crippen LogP contribution in [0.3, 0.4) is 0 Å². The number of hydrogen-bond donors (Lipinski definition) is 3. The Morgan fingerprint density at radius 2 is 2.05 bits per heavy atom. The minimum Gasteiger partial charge on any atom is -0.390 e. The monoisotopic (exact) mass is 346 g/mol. The number of aromatic nitrogens is 2. The zero-order valence-electron chi connectivity index (χ0n) is 10.2. The summed E-state index contributed by atoms with van der Waals surface area (Å²) in [5.74, 6) is -4.28. The average Bonchev–Trinajstić information content (AvgIpc) is 2.66. The predicted octanol–water partition coefficient (Wildman–Crippen LogP) is 1.64. The normalized spacial score (nSPS) is 36.1. The largest absolute Gasteiger partial charge is 0.390 e. The van der Waals surface area contributed by atoms with E-state index < -0.39 is 43.0 Å². The van der Waals surface area contributed by atoms with Crippen molar-refractivity contribution >= 4 is 24.4 Å². The standard InChI is InChI=1S/C10H10F4N2O3S2/c11-2-9(13)6(18)10(14,3-17)19-7(9)16-1-4(12)5(20)15-8(16)21/h1,6-7,17-18H,2-3H2,(H,15,20,21)/t6-,7-,9?,10-/m1/s1. The average molecular weight is 346 g/mol. The van der Waals surface area contributed by atoms with Gasteiger partial charge in [0.1, 0.15) is 17.9 Å². The minimum atomic E-state index is -3.26. The molecule has 0 spiro atoms. The molecule has 5 nitrogen and oxygen atoms in total. The summed E-state index contributed by atoms with van der Waals surface area (Å²) in [6, 6.07) is 0. The molecular formula is C10H10F4N2O3S2. The maximum atomic E-state index is 14.5. The number of aliphatic hydroxyl groups excluding tert-OH is 2. The second-order valence-corrected chi connectivity index (χ2v) is 5.32. The molecule has 2 rings (SSSR count). The van der Waals surface area contributed by atoms with Gasteiger partial charge in [-0.2, -0.15) is 0 Å². The van der Waals surface area contributed by atoms with E-state index >= 15 is 0 Å². The number of ether oxygens (including phenoxy) is 1. The summed E-state index contributed by atoms with van der Waals surface area (Å²) >= 11 is 9.34. The van der Waals surface area contributed by atoms with Crippen molar-refractivity contribution in [1.82, 2.24) is 9.55 Å². The van der Waals surface area contributed by atoms with E-state index in [1.165, 1.54) is 0 Å². The Morgan fingerprint density at radius 3 is 2.57 bits per heavy atom. The predicted molar refractivity (Wildman–Crippen MR) is 67.3 cm³/mol. The van der Waals surface area contributed by atoms with Gasteiger partial charge < -0.3 is 19.9 Å². The molecule has 1 unspecified atom stereocenters. The van der Waals surface area contributed by atoms with E-state index in [0.717, 1.165) is 0 Å². The topological polar surface area (TPSA) is 70.4 Å². The molecule has 1 aromatic heterocycles. The molecule has 1 aliphatic rings. The molecular weight excluding hydrogens is 336 g/mol. The third-order valence-corrected chi connectivity index (χ3v) is 3.79. The fourth-order valence-electron chi connectivity index (χ4n) is 2.03. The molecule has 3 N–H and O–H groups in total. The van der Waals surface area contributed by atoms with Gasteiger partial charge in [0.15, 0.2) is 22.9 Å². The van der Waals surface area contributed by atoms with Gasteiger partial charge in [-0.25, -0.2) is 17.6 Å². The van der Waals surface area contributed by atoms with Gasteiger partial charge in [0.2, 0.25) is 5.67 Å². The number of halogens is 4. The molecule has 0 amide bonds. The third kappa shape index (κ3) is 2.42. The highest BCUT2D eigenvalue weighted by molar-refractivity contribution is 7.72. The molecule has 21 heavy (non-hydrogen) atoms. The van der Waals surface area contributed by atoms with E-state index in [-0.39, 0.29) is 9.41 Å². The van der Waals surface area contributed by atoms with Gasteiger partial charge in [-0.3, -0.25) is 4.57 Å². The smallest absolute Gasteiger partial charge is 0.264 e. The van der Waals surface area contributed by atoms with Gasteiger partial charge in [0.05, 0.1) is 0 Å². The second kappa shape index (κ2) is 5.39. The number of aliphatic hydroxyl groups is 2. The van der Waals surface area contributed by atoms with Crippen molar-refractivity contribution in [3.8, 4) is 0 Å². The summed E-state index contributed by atoms with van der Waals surface area (Å²) in [6.45, 7) is -3.27. The fraction of sp³-hybridized carbons (Fsp3) is 0.600. The van der Waals surface area contributed by atoms with Crippen LogP contribution in [-0.4, -0.2) is 50.7 Å². The number of nitrogens with zero attached hydrogens (tertiary/aromatic N) is 1. The Labute approximate surface area is 125 Å². The van der Waals surface area contributed by atoms with Crippen molar-refractivity contribution in [1.29, 1.82) is 0 Å². The summed E-state index contributed by atoms with van der Waals surface area (Å²) in [5.41, 5.74) is -3.26. The summed E-state index contributed by atoms with van der Waals surface area (Å²) in [4.78, 5) is 2.19. The van der Waals surface area contributed by atoms with Gasteiger partial charge in [-0.15, -0.1) is 0 Å². The highest BCUT2D eigenvalue weighted by atomic mass is 32.1. The number of aromatic amines is 1. The molecule has 1 aliphatic heterocycles. The molecule has 4 atom stereocenters. The number of rotatable bonds is 3. The fourth-order valence-corrected chi connectivity index (χ4v) is 2.49. The first-order valence-electron chi connectivity index (χ1n) is 5.61. The maximum Gasteiger partial charge on any atom is 0.264 e. The lowest BCUT2D eigenvalue weighted by Gasteiger charge is -2.26. The van der Waals surface area contributed by atoms with Crippen LogP contribution in [0.4, 0.5) is 17.6 Å². The first-order chi connectivity index (χ1) is 9.69. The third-order valence-electron chi connectivity index (χ3n) is 3.18.